The highest BCUT2D eigenvalue weighted by Gasteiger charge is 2.33. The molecule has 0 spiro atoms. The van der Waals surface area contributed by atoms with Gasteiger partial charge in [-0.05, 0) is 36.9 Å². The summed E-state index contributed by atoms with van der Waals surface area (Å²) in [5, 5.41) is 0. The molecule has 0 radical (unpaired) electrons. The molecular formula is C16H21ClN2O. The van der Waals surface area contributed by atoms with Crippen molar-refractivity contribution in [3.63, 3.8) is 0 Å². The minimum absolute atomic E-state index is 0.0102. The third-order valence-electron chi connectivity index (χ3n) is 4.52. The van der Waals surface area contributed by atoms with Crippen LogP contribution < -0.4 is 4.90 Å². The number of halogens is 1. The second kappa shape index (κ2) is 5.74. The number of anilines is 1. The van der Waals surface area contributed by atoms with E-state index in [-0.39, 0.29) is 11.8 Å². The Hall–Kier alpha value is -1.06. The van der Waals surface area contributed by atoms with Crippen LogP contribution in [-0.4, -0.2) is 42.4 Å². The summed E-state index contributed by atoms with van der Waals surface area (Å²) in [6, 6.07) is 8.64. The highest BCUT2D eigenvalue weighted by molar-refractivity contribution is 6.29. The molecule has 2 heterocycles. The van der Waals surface area contributed by atoms with Gasteiger partial charge in [0.2, 0.25) is 5.91 Å². The van der Waals surface area contributed by atoms with Crippen molar-refractivity contribution in [1.82, 2.24) is 4.90 Å². The van der Waals surface area contributed by atoms with Crippen LogP contribution in [0.25, 0.3) is 0 Å². The first-order valence-corrected chi connectivity index (χ1v) is 7.90. The zero-order chi connectivity index (χ0) is 14.1. The van der Waals surface area contributed by atoms with Crippen LogP contribution in [0.15, 0.2) is 24.3 Å². The summed E-state index contributed by atoms with van der Waals surface area (Å²) in [6.45, 7) is 5.38. The molecule has 0 aliphatic carbocycles. The van der Waals surface area contributed by atoms with E-state index in [0.717, 1.165) is 37.7 Å². The van der Waals surface area contributed by atoms with Gasteiger partial charge in [-0.25, -0.2) is 0 Å². The Bertz CT molecular complexity index is 505. The topological polar surface area (TPSA) is 23.6 Å². The van der Waals surface area contributed by atoms with Gasteiger partial charge < -0.3 is 4.90 Å². The monoisotopic (exact) mass is 292 g/mol. The molecule has 3 nitrogen and oxygen atoms in total. The SMILES string of the molecule is CC1CCN(C2Cc3ccccc3N(C(=O)CCl)C2)C1. The van der Waals surface area contributed by atoms with E-state index in [1.54, 1.807) is 0 Å². The van der Waals surface area contributed by atoms with Gasteiger partial charge in [-0.15, -0.1) is 11.6 Å². The van der Waals surface area contributed by atoms with Crippen molar-refractivity contribution in [3.8, 4) is 0 Å². The zero-order valence-electron chi connectivity index (χ0n) is 11.9. The standard InChI is InChI=1S/C16H21ClN2O/c1-12-6-7-18(10-12)14-8-13-4-2-3-5-15(13)19(11-14)16(20)9-17/h2-5,12,14H,6-11H2,1H3. The van der Waals surface area contributed by atoms with Crippen molar-refractivity contribution >= 4 is 23.2 Å². The van der Waals surface area contributed by atoms with E-state index in [9.17, 15) is 4.79 Å². The molecule has 4 heteroatoms. The van der Waals surface area contributed by atoms with Gasteiger partial charge in [-0.2, -0.15) is 0 Å². The van der Waals surface area contributed by atoms with Crippen LogP contribution in [0.3, 0.4) is 0 Å². The highest BCUT2D eigenvalue weighted by Crippen LogP contribution is 2.31. The van der Waals surface area contributed by atoms with Crippen LogP contribution >= 0.6 is 11.6 Å². The molecule has 0 saturated carbocycles. The van der Waals surface area contributed by atoms with E-state index < -0.39 is 0 Å². The number of nitrogens with zero attached hydrogens (tertiary/aromatic N) is 2. The summed E-state index contributed by atoms with van der Waals surface area (Å²) >= 11 is 5.78. The summed E-state index contributed by atoms with van der Waals surface area (Å²) in [6.07, 6.45) is 2.30. The molecule has 1 fully saturated rings. The van der Waals surface area contributed by atoms with Crippen molar-refractivity contribution < 1.29 is 4.79 Å². The van der Waals surface area contributed by atoms with Crippen LogP contribution in [0.4, 0.5) is 5.69 Å². The number of likely N-dealkylation sites (tertiary alicyclic amines) is 1. The van der Waals surface area contributed by atoms with Crippen LogP contribution in [0.5, 0.6) is 0 Å². The molecule has 3 rings (SSSR count). The number of fused-ring (bicyclic) bond motifs is 1. The quantitative estimate of drug-likeness (QED) is 0.782. The molecule has 1 aromatic carbocycles. The average molecular weight is 293 g/mol. The maximum Gasteiger partial charge on any atom is 0.241 e. The van der Waals surface area contributed by atoms with E-state index >= 15 is 0 Å². The Morgan fingerprint density at radius 1 is 1.35 bits per heavy atom. The third kappa shape index (κ3) is 2.57. The van der Waals surface area contributed by atoms with E-state index in [1.807, 2.05) is 17.0 Å². The molecule has 2 unspecified atom stereocenters. The summed E-state index contributed by atoms with van der Waals surface area (Å²) in [4.78, 5) is 16.5. The van der Waals surface area contributed by atoms with Crippen molar-refractivity contribution in [1.29, 1.82) is 0 Å². The number of alkyl halides is 1. The van der Waals surface area contributed by atoms with Gasteiger partial charge in [0, 0.05) is 24.8 Å². The fraction of sp³-hybridized carbons (Fsp3) is 0.562. The second-order valence-corrected chi connectivity index (χ2v) is 6.28. The molecule has 1 aromatic rings. The van der Waals surface area contributed by atoms with Gasteiger partial charge in [-0.3, -0.25) is 9.69 Å². The van der Waals surface area contributed by atoms with Crippen molar-refractivity contribution in [2.75, 3.05) is 30.4 Å². The van der Waals surface area contributed by atoms with E-state index in [2.05, 4.69) is 24.0 Å². The summed E-state index contributed by atoms with van der Waals surface area (Å²) < 4.78 is 0. The molecule has 0 aromatic heterocycles. The Morgan fingerprint density at radius 3 is 2.85 bits per heavy atom. The van der Waals surface area contributed by atoms with Gasteiger partial charge in [0.15, 0.2) is 0 Å². The predicted molar refractivity (Wildman–Crippen MR) is 82.4 cm³/mol. The molecule has 1 saturated heterocycles. The molecule has 2 aliphatic rings. The molecule has 108 valence electrons. The first-order valence-electron chi connectivity index (χ1n) is 7.37. The number of hydrogen-bond donors (Lipinski definition) is 0. The summed E-state index contributed by atoms with van der Waals surface area (Å²) in [5.41, 5.74) is 2.31. The molecular weight excluding hydrogens is 272 g/mol. The number of benzene rings is 1. The maximum absolute atomic E-state index is 12.1. The minimum Gasteiger partial charge on any atom is -0.310 e. The second-order valence-electron chi connectivity index (χ2n) is 6.01. The van der Waals surface area contributed by atoms with Gasteiger partial charge >= 0.3 is 0 Å². The van der Waals surface area contributed by atoms with E-state index in [4.69, 9.17) is 11.6 Å². The van der Waals surface area contributed by atoms with Gasteiger partial charge in [0.25, 0.3) is 0 Å². The summed E-state index contributed by atoms with van der Waals surface area (Å²) in [7, 11) is 0. The maximum atomic E-state index is 12.1. The number of amides is 1. The smallest absolute Gasteiger partial charge is 0.241 e. The molecule has 2 aliphatic heterocycles. The lowest BCUT2D eigenvalue weighted by Crippen LogP contribution is -2.50. The first kappa shape index (κ1) is 13.9. The van der Waals surface area contributed by atoms with Crippen LogP contribution in [0.1, 0.15) is 18.9 Å². The van der Waals surface area contributed by atoms with Crippen LogP contribution in [0, 0.1) is 5.92 Å². The Balaban J connectivity index is 1.86. The number of rotatable bonds is 2. The highest BCUT2D eigenvalue weighted by atomic mass is 35.5. The van der Waals surface area contributed by atoms with Crippen LogP contribution in [0.2, 0.25) is 0 Å². The number of para-hydroxylation sites is 1. The molecule has 2 atom stereocenters. The normalized spacial score (nSPS) is 26.6. The average Bonchev–Trinajstić information content (AvgIpc) is 2.92. The van der Waals surface area contributed by atoms with Gasteiger partial charge in [0.05, 0.1) is 0 Å². The minimum atomic E-state index is 0.0102. The summed E-state index contributed by atoms with van der Waals surface area (Å²) in [5.74, 6) is 0.831. The molecule has 0 bridgehead atoms. The fourth-order valence-corrected chi connectivity index (χ4v) is 3.57. The zero-order valence-corrected chi connectivity index (χ0v) is 12.6. The molecule has 0 N–H and O–H groups in total. The van der Waals surface area contributed by atoms with Gasteiger partial charge in [-0.1, -0.05) is 25.1 Å². The van der Waals surface area contributed by atoms with Crippen molar-refractivity contribution in [3.05, 3.63) is 29.8 Å². The number of carbonyl (C=O) groups is 1. The van der Waals surface area contributed by atoms with Crippen LogP contribution in [-0.2, 0) is 11.2 Å². The Labute approximate surface area is 125 Å². The van der Waals surface area contributed by atoms with E-state index in [1.165, 1.54) is 12.0 Å². The van der Waals surface area contributed by atoms with Crippen molar-refractivity contribution in [2.45, 2.75) is 25.8 Å². The van der Waals surface area contributed by atoms with Gasteiger partial charge in [0.1, 0.15) is 5.88 Å². The molecule has 20 heavy (non-hydrogen) atoms. The number of carbonyl (C=O) groups excluding carboxylic acids is 1. The lowest BCUT2D eigenvalue weighted by molar-refractivity contribution is -0.116. The predicted octanol–water partition coefficient (Wildman–Crippen LogP) is 2.52. The first-order chi connectivity index (χ1) is 9.69. The Kier molecular flexibility index (Phi) is 3.99. The van der Waals surface area contributed by atoms with Crippen molar-refractivity contribution in [2.24, 2.45) is 5.92 Å². The number of hydrogen-bond acceptors (Lipinski definition) is 2. The lowest BCUT2D eigenvalue weighted by Gasteiger charge is -2.38. The largest absolute Gasteiger partial charge is 0.310 e. The van der Waals surface area contributed by atoms with E-state index in [0.29, 0.717) is 6.04 Å². The third-order valence-corrected chi connectivity index (χ3v) is 4.75. The molecule has 1 amide bonds. The Morgan fingerprint density at radius 2 is 2.15 bits per heavy atom. The lowest BCUT2D eigenvalue weighted by atomic mass is 9.97. The fourth-order valence-electron chi connectivity index (χ4n) is 3.43.